The third-order valence-corrected chi connectivity index (χ3v) is 2.42. The van der Waals surface area contributed by atoms with Crippen LogP contribution in [0.5, 0.6) is 0 Å². The third-order valence-electron chi connectivity index (χ3n) is 2.42. The van der Waals surface area contributed by atoms with E-state index in [1.54, 1.807) is 0 Å². The number of aromatic amines is 1. The second-order valence-electron chi connectivity index (χ2n) is 3.92. The van der Waals surface area contributed by atoms with Crippen LogP contribution in [0.4, 0.5) is 0 Å². The molecule has 0 atom stereocenters. The van der Waals surface area contributed by atoms with Crippen molar-refractivity contribution in [3.05, 3.63) is 48.2 Å². The van der Waals surface area contributed by atoms with Gasteiger partial charge in [0.25, 0.3) is 0 Å². The molecular weight excluding hydrogens is 184 g/mol. The Morgan fingerprint density at radius 3 is 3.07 bits per heavy atom. The van der Waals surface area contributed by atoms with Crippen LogP contribution in [0, 0.1) is 0 Å². The number of fused-ring (bicyclic) bond motifs is 1. The summed E-state index contributed by atoms with van der Waals surface area (Å²) in [7, 11) is 0. The average Bonchev–Trinajstić information content (AvgIpc) is 2.65. The molecule has 0 spiro atoms. The monoisotopic (exact) mass is 200 g/mol. The first-order valence-electron chi connectivity index (χ1n) is 5.17. The molecule has 1 aromatic carbocycles. The Morgan fingerprint density at radius 1 is 1.40 bits per heavy atom. The molecule has 15 heavy (non-hydrogen) atoms. The van der Waals surface area contributed by atoms with Crippen LogP contribution in [0.25, 0.3) is 10.9 Å². The molecule has 1 aromatic heterocycles. The molecule has 0 saturated carbocycles. The molecule has 2 N–H and O–H groups in total. The first-order valence-corrected chi connectivity index (χ1v) is 5.17. The van der Waals surface area contributed by atoms with E-state index in [1.807, 2.05) is 13.1 Å². The van der Waals surface area contributed by atoms with Crippen LogP contribution in [-0.2, 0) is 6.54 Å². The predicted octanol–water partition coefficient (Wildman–Crippen LogP) is 2.83. The van der Waals surface area contributed by atoms with Gasteiger partial charge in [-0.1, -0.05) is 30.4 Å². The van der Waals surface area contributed by atoms with Gasteiger partial charge in [-0.3, -0.25) is 0 Å². The molecule has 1 heterocycles. The second-order valence-corrected chi connectivity index (χ2v) is 3.92. The maximum absolute atomic E-state index is 3.87. The summed E-state index contributed by atoms with van der Waals surface area (Å²) in [6, 6.07) is 8.45. The number of rotatable bonds is 4. The van der Waals surface area contributed by atoms with E-state index < -0.39 is 0 Å². The number of H-pyrrole nitrogens is 1. The fraction of sp³-hybridized carbons (Fsp3) is 0.231. The Morgan fingerprint density at radius 2 is 2.27 bits per heavy atom. The van der Waals surface area contributed by atoms with Gasteiger partial charge in [-0.15, -0.1) is 0 Å². The van der Waals surface area contributed by atoms with E-state index in [0.717, 1.165) is 18.7 Å². The fourth-order valence-corrected chi connectivity index (χ4v) is 1.71. The van der Waals surface area contributed by atoms with Gasteiger partial charge in [0.2, 0.25) is 0 Å². The molecule has 0 radical (unpaired) electrons. The van der Waals surface area contributed by atoms with Crippen LogP contribution < -0.4 is 5.32 Å². The van der Waals surface area contributed by atoms with Crippen molar-refractivity contribution in [3.8, 4) is 0 Å². The van der Waals surface area contributed by atoms with Crippen LogP contribution in [-0.4, -0.2) is 11.5 Å². The Balaban J connectivity index is 2.13. The molecule has 0 unspecified atom stereocenters. The van der Waals surface area contributed by atoms with Gasteiger partial charge in [0, 0.05) is 24.8 Å². The smallest absolute Gasteiger partial charge is 0.0499 e. The summed E-state index contributed by atoms with van der Waals surface area (Å²) < 4.78 is 0. The molecule has 0 saturated heterocycles. The average molecular weight is 200 g/mol. The van der Waals surface area contributed by atoms with Crippen molar-refractivity contribution in [2.45, 2.75) is 13.5 Å². The molecule has 2 rings (SSSR count). The molecule has 0 aliphatic heterocycles. The van der Waals surface area contributed by atoms with E-state index in [1.165, 1.54) is 16.5 Å². The lowest BCUT2D eigenvalue weighted by molar-refractivity contribution is 0.744. The molecule has 78 valence electrons. The molecule has 2 heteroatoms. The lowest BCUT2D eigenvalue weighted by atomic mass is 10.1. The summed E-state index contributed by atoms with van der Waals surface area (Å²) in [5.74, 6) is 0. The Bertz CT molecular complexity index is 468. The van der Waals surface area contributed by atoms with Crippen molar-refractivity contribution in [1.82, 2.24) is 10.3 Å². The van der Waals surface area contributed by atoms with E-state index in [0.29, 0.717) is 0 Å². The minimum atomic E-state index is 0.872. The molecule has 2 nitrogen and oxygen atoms in total. The van der Waals surface area contributed by atoms with Crippen molar-refractivity contribution < 1.29 is 0 Å². The molecular formula is C13H16N2. The first kappa shape index (κ1) is 9.99. The van der Waals surface area contributed by atoms with Crippen molar-refractivity contribution >= 4 is 10.9 Å². The van der Waals surface area contributed by atoms with E-state index in [4.69, 9.17) is 0 Å². The van der Waals surface area contributed by atoms with E-state index in [9.17, 15) is 0 Å². The zero-order valence-electron chi connectivity index (χ0n) is 9.01. The minimum Gasteiger partial charge on any atom is -0.361 e. The summed E-state index contributed by atoms with van der Waals surface area (Å²) in [4.78, 5) is 3.26. The molecule has 0 aliphatic carbocycles. The zero-order chi connectivity index (χ0) is 10.7. The maximum atomic E-state index is 3.87. The van der Waals surface area contributed by atoms with Crippen LogP contribution in [0.2, 0.25) is 0 Å². The number of para-hydroxylation sites is 1. The topological polar surface area (TPSA) is 27.8 Å². The molecule has 0 bridgehead atoms. The quantitative estimate of drug-likeness (QED) is 0.730. The number of benzene rings is 1. The van der Waals surface area contributed by atoms with E-state index in [2.05, 4.69) is 41.1 Å². The highest BCUT2D eigenvalue weighted by molar-refractivity contribution is 5.82. The van der Waals surface area contributed by atoms with Gasteiger partial charge in [-0.2, -0.15) is 0 Å². The van der Waals surface area contributed by atoms with Crippen molar-refractivity contribution in [2.24, 2.45) is 0 Å². The first-order chi connectivity index (χ1) is 7.27. The normalized spacial score (nSPS) is 10.7. The molecule has 2 aromatic rings. The SMILES string of the molecule is C=C(C)CNCc1cccc2cc[nH]c12. The summed E-state index contributed by atoms with van der Waals surface area (Å²) in [5, 5.41) is 4.63. The lowest BCUT2D eigenvalue weighted by Gasteiger charge is -2.05. The van der Waals surface area contributed by atoms with Crippen LogP contribution in [0.3, 0.4) is 0 Å². The second kappa shape index (κ2) is 4.32. The molecule has 0 fully saturated rings. The maximum Gasteiger partial charge on any atom is 0.0499 e. The fourth-order valence-electron chi connectivity index (χ4n) is 1.71. The standard InChI is InChI=1S/C13H16N2/c1-10(2)8-14-9-12-5-3-4-11-6-7-15-13(11)12/h3-7,14-15H,1,8-9H2,2H3. The summed E-state index contributed by atoms with van der Waals surface area (Å²) in [5.41, 5.74) is 3.69. The van der Waals surface area contributed by atoms with Crippen LogP contribution >= 0.6 is 0 Å². The van der Waals surface area contributed by atoms with Gasteiger partial charge in [0.1, 0.15) is 0 Å². The third kappa shape index (κ3) is 2.28. The van der Waals surface area contributed by atoms with Gasteiger partial charge >= 0.3 is 0 Å². The minimum absolute atomic E-state index is 0.872. The lowest BCUT2D eigenvalue weighted by Crippen LogP contribution is -2.15. The van der Waals surface area contributed by atoms with E-state index in [-0.39, 0.29) is 0 Å². The van der Waals surface area contributed by atoms with Gasteiger partial charge in [-0.25, -0.2) is 0 Å². The predicted molar refractivity (Wildman–Crippen MR) is 64.8 cm³/mol. The summed E-state index contributed by atoms with van der Waals surface area (Å²) >= 11 is 0. The molecule has 0 aliphatic rings. The highest BCUT2D eigenvalue weighted by atomic mass is 14.9. The number of hydrogen-bond donors (Lipinski definition) is 2. The Hall–Kier alpha value is -1.54. The Kier molecular flexibility index (Phi) is 2.88. The van der Waals surface area contributed by atoms with Gasteiger partial charge in [0.15, 0.2) is 0 Å². The van der Waals surface area contributed by atoms with Crippen molar-refractivity contribution in [3.63, 3.8) is 0 Å². The largest absolute Gasteiger partial charge is 0.361 e. The van der Waals surface area contributed by atoms with Crippen molar-refractivity contribution in [2.75, 3.05) is 6.54 Å². The summed E-state index contributed by atoms with van der Waals surface area (Å²) in [6.07, 6.45) is 1.98. The summed E-state index contributed by atoms with van der Waals surface area (Å²) in [6.45, 7) is 7.65. The zero-order valence-corrected chi connectivity index (χ0v) is 9.01. The van der Waals surface area contributed by atoms with E-state index >= 15 is 0 Å². The van der Waals surface area contributed by atoms with Crippen LogP contribution in [0.15, 0.2) is 42.6 Å². The van der Waals surface area contributed by atoms with Gasteiger partial charge in [-0.05, 0) is 23.9 Å². The van der Waals surface area contributed by atoms with Crippen molar-refractivity contribution in [1.29, 1.82) is 0 Å². The van der Waals surface area contributed by atoms with Gasteiger partial charge < -0.3 is 10.3 Å². The number of aromatic nitrogens is 1. The van der Waals surface area contributed by atoms with Gasteiger partial charge in [0.05, 0.1) is 0 Å². The highest BCUT2D eigenvalue weighted by Gasteiger charge is 2.00. The highest BCUT2D eigenvalue weighted by Crippen LogP contribution is 2.16. The van der Waals surface area contributed by atoms with Crippen LogP contribution in [0.1, 0.15) is 12.5 Å². The Labute approximate surface area is 90.0 Å². The molecule has 0 amide bonds. The number of nitrogens with one attached hydrogen (secondary N) is 2. The number of hydrogen-bond acceptors (Lipinski definition) is 1.